The molecule has 1 aromatic heterocycles. The third kappa shape index (κ3) is 6.32. The van der Waals surface area contributed by atoms with E-state index in [1.165, 1.54) is 0 Å². The topological polar surface area (TPSA) is 96.9 Å². The molecule has 3 fully saturated rings. The van der Waals surface area contributed by atoms with Crippen LogP contribution in [0.3, 0.4) is 0 Å². The van der Waals surface area contributed by atoms with Crippen molar-refractivity contribution in [2.24, 2.45) is 11.8 Å². The molecule has 42 heavy (non-hydrogen) atoms. The molecule has 3 unspecified atom stereocenters. The summed E-state index contributed by atoms with van der Waals surface area (Å²) in [5.74, 6) is 1.56. The summed E-state index contributed by atoms with van der Waals surface area (Å²) in [5.41, 5.74) is 4.09. The number of nitrogens with one attached hydrogen (secondary N) is 1. The Labute approximate surface area is 247 Å². The molecule has 4 atom stereocenters. The number of amides is 2. The standard InChI is InChI=1S/C33H39N5O4/c1-22-30(23(2)35-31(34-22)25-11-7-4-8-12-25)32(39)38-19-26-17-37(18-27(26)20-38)15-13-29(24-9-5-3-6-10-24)36-33(40)42-28-14-16-41-21-28/h3-12,26-29H,13-21H2,1-2H3,(H,36,40)/t26-,27?,28?,29?/m0/s1. The van der Waals surface area contributed by atoms with Crippen LogP contribution in [0.5, 0.6) is 0 Å². The van der Waals surface area contributed by atoms with Gasteiger partial charge < -0.3 is 24.6 Å². The summed E-state index contributed by atoms with van der Waals surface area (Å²) in [6.45, 7) is 9.15. The number of hydrogen-bond acceptors (Lipinski definition) is 7. The maximum absolute atomic E-state index is 13.6. The maximum atomic E-state index is 13.6. The van der Waals surface area contributed by atoms with Crippen LogP contribution in [0.25, 0.3) is 11.4 Å². The molecule has 2 aromatic carbocycles. The van der Waals surface area contributed by atoms with Gasteiger partial charge in [0.1, 0.15) is 6.10 Å². The molecule has 2 amide bonds. The molecular weight excluding hydrogens is 530 g/mol. The highest BCUT2D eigenvalue weighted by atomic mass is 16.6. The van der Waals surface area contributed by atoms with E-state index in [-0.39, 0.29) is 18.1 Å². The summed E-state index contributed by atoms with van der Waals surface area (Å²) in [4.78, 5) is 40.1. The fourth-order valence-corrected chi connectivity index (χ4v) is 6.59. The van der Waals surface area contributed by atoms with Gasteiger partial charge in [-0.3, -0.25) is 4.79 Å². The SMILES string of the molecule is Cc1nc(-c2ccccc2)nc(C)c1C(=O)N1CC2CN(CCC(NC(=O)OC3CCOC3)c3ccccc3)C[C@H]2C1. The van der Waals surface area contributed by atoms with E-state index in [1.807, 2.05) is 79.4 Å². The van der Waals surface area contributed by atoms with Crippen molar-refractivity contribution < 1.29 is 19.1 Å². The quantitative estimate of drug-likeness (QED) is 0.429. The monoisotopic (exact) mass is 569 g/mol. The Morgan fingerprint density at radius 3 is 2.21 bits per heavy atom. The summed E-state index contributed by atoms with van der Waals surface area (Å²) in [5, 5.41) is 3.09. The van der Waals surface area contributed by atoms with Gasteiger partial charge in [0.25, 0.3) is 5.91 Å². The second-order valence-corrected chi connectivity index (χ2v) is 11.7. The minimum absolute atomic E-state index is 0.0325. The van der Waals surface area contributed by atoms with Crippen LogP contribution in [-0.2, 0) is 9.47 Å². The van der Waals surface area contributed by atoms with Crippen LogP contribution in [0.2, 0.25) is 0 Å². The highest BCUT2D eigenvalue weighted by Crippen LogP contribution is 2.33. The summed E-state index contributed by atoms with van der Waals surface area (Å²) < 4.78 is 10.9. The van der Waals surface area contributed by atoms with Crippen molar-refractivity contribution in [2.75, 3.05) is 45.9 Å². The molecule has 9 heteroatoms. The van der Waals surface area contributed by atoms with E-state index in [0.717, 1.165) is 68.1 Å². The number of benzene rings is 2. The zero-order valence-corrected chi connectivity index (χ0v) is 24.4. The number of hydrogen-bond donors (Lipinski definition) is 1. The van der Waals surface area contributed by atoms with Crippen LogP contribution in [0.4, 0.5) is 4.79 Å². The maximum Gasteiger partial charge on any atom is 0.407 e. The molecule has 220 valence electrons. The molecule has 0 saturated carbocycles. The molecule has 3 aromatic rings. The van der Waals surface area contributed by atoms with Crippen molar-refractivity contribution in [3.63, 3.8) is 0 Å². The fraction of sp³-hybridized carbons (Fsp3) is 0.455. The first-order valence-electron chi connectivity index (χ1n) is 15.0. The van der Waals surface area contributed by atoms with E-state index in [2.05, 4.69) is 20.2 Å². The number of likely N-dealkylation sites (tertiary alicyclic amines) is 2. The number of fused-ring (bicyclic) bond motifs is 1. The predicted molar refractivity (Wildman–Crippen MR) is 159 cm³/mol. The van der Waals surface area contributed by atoms with Gasteiger partial charge in [0.15, 0.2) is 5.82 Å². The van der Waals surface area contributed by atoms with Gasteiger partial charge in [-0.2, -0.15) is 0 Å². The van der Waals surface area contributed by atoms with E-state index in [1.54, 1.807) is 0 Å². The first-order valence-corrected chi connectivity index (χ1v) is 15.0. The van der Waals surface area contributed by atoms with Crippen LogP contribution < -0.4 is 5.32 Å². The molecule has 3 saturated heterocycles. The van der Waals surface area contributed by atoms with Gasteiger partial charge in [-0.05, 0) is 37.7 Å². The highest BCUT2D eigenvalue weighted by Gasteiger charge is 2.42. The highest BCUT2D eigenvalue weighted by molar-refractivity contribution is 5.96. The van der Waals surface area contributed by atoms with Crippen molar-refractivity contribution in [2.45, 2.75) is 38.8 Å². The molecule has 3 aliphatic heterocycles. The number of carbonyl (C=O) groups excluding carboxylic acids is 2. The van der Waals surface area contributed by atoms with Crippen molar-refractivity contribution in [3.8, 4) is 11.4 Å². The first kappa shape index (κ1) is 28.3. The van der Waals surface area contributed by atoms with E-state index in [4.69, 9.17) is 9.47 Å². The second-order valence-electron chi connectivity index (χ2n) is 11.7. The van der Waals surface area contributed by atoms with E-state index < -0.39 is 6.09 Å². The van der Waals surface area contributed by atoms with Crippen molar-refractivity contribution in [1.29, 1.82) is 0 Å². The number of aryl methyl sites for hydroxylation is 2. The van der Waals surface area contributed by atoms with Crippen LogP contribution in [-0.4, -0.2) is 83.8 Å². The van der Waals surface area contributed by atoms with Gasteiger partial charge in [-0.15, -0.1) is 0 Å². The Kier molecular flexibility index (Phi) is 8.48. The molecule has 0 spiro atoms. The van der Waals surface area contributed by atoms with E-state index >= 15 is 0 Å². The number of ether oxygens (including phenoxy) is 2. The minimum atomic E-state index is -0.391. The molecular formula is C33H39N5O4. The van der Waals surface area contributed by atoms with E-state index in [0.29, 0.717) is 36.4 Å². The summed E-state index contributed by atoms with van der Waals surface area (Å²) in [6.07, 6.45) is 0.959. The van der Waals surface area contributed by atoms with Crippen molar-refractivity contribution in [3.05, 3.63) is 83.2 Å². The molecule has 9 nitrogen and oxygen atoms in total. The van der Waals surface area contributed by atoms with Crippen LogP contribution in [0.15, 0.2) is 60.7 Å². The van der Waals surface area contributed by atoms with Gasteiger partial charge in [0.2, 0.25) is 0 Å². The summed E-state index contributed by atoms with van der Waals surface area (Å²) in [7, 11) is 0. The van der Waals surface area contributed by atoms with Crippen LogP contribution >= 0.6 is 0 Å². The zero-order valence-electron chi connectivity index (χ0n) is 24.4. The lowest BCUT2D eigenvalue weighted by atomic mass is 10.0. The number of alkyl carbamates (subject to hydrolysis) is 1. The summed E-state index contributed by atoms with van der Waals surface area (Å²) >= 11 is 0. The molecule has 0 radical (unpaired) electrons. The lowest BCUT2D eigenvalue weighted by Gasteiger charge is -2.25. The second kappa shape index (κ2) is 12.6. The minimum Gasteiger partial charge on any atom is -0.444 e. The largest absolute Gasteiger partial charge is 0.444 e. The lowest BCUT2D eigenvalue weighted by molar-refractivity contribution is 0.0771. The van der Waals surface area contributed by atoms with Crippen LogP contribution in [0, 0.1) is 25.7 Å². The average molecular weight is 570 g/mol. The zero-order chi connectivity index (χ0) is 29.1. The fourth-order valence-electron chi connectivity index (χ4n) is 6.59. The van der Waals surface area contributed by atoms with Gasteiger partial charge in [0, 0.05) is 44.7 Å². The lowest BCUT2D eigenvalue weighted by Crippen LogP contribution is -2.36. The third-order valence-electron chi connectivity index (χ3n) is 8.76. The normalized spacial score (nSPS) is 22.6. The molecule has 4 heterocycles. The molecule has 6 rings (SSSR count). The van der Waals surface area contributed by atoms with E-state index in [9.17, 15) is 9.59 Å². The molecule has 0 aliphatic carbocycles. The molecule has 0 bridgehead atoms. The third-order valence-corrected chi connectivity index (χ3v) is 8.76. The summed E-state index contributed by atoms with van der Waals surface area (Å²) in [6, 6.07) is 19.8. The smallest absolute Gasteiger partial charge is 0.407 e. The number of aromatic nitrogens is 2. The van der Waals surface area contributed by atoms with Gasteiger partial charge in [-0.25, -0.2) is 14.8 Å². The Hall–Kier alpha value is -3.82. The number of nitrogens with zero attached hydrogens (tertiary/aromatic N) is 4. The Bertz CT molecular complexity index is 1360. The average Bonchev–Trinajstić information content (AvgIpc) is 3.73. The first-order chi connectivity index (χ1) is 20.4. The molecule has 3 aliphatic rings. The Morgan fingerprint density at radius 2 is 1.60 bits per heavy atom. The van der Waals surface area contributed by atoms with Gasteiger partial charge in [-0.1, -0.05) is 60.7 Å². The van der Waals surface area contributed by atoms with Gasteiger partial charge >= 0.3 is 6.09 Å². The number of rotatable bonds is 8. The van der Waals surface area contributed by atoms with Crippen molar-refractivity contribution in [1.82, 2.24) is 25.1 Å². The number of carbonyl (C=O) groups is 2. The van der Waals surface area contributed by atoms with Gasteiger partial charge in [0.05, 0.1) is 36.2 Å². The molecule has 1 N–H and O–H groups in total. The predicted octanol–water partition coefficient (Wildman–Crippen LogP) is 4.41. The Morgan fingerprint density at radius 1 is 0.952 bits per heavy atom. The van der Waals surface area contributed by atoms with Crippen LogP contribution in [0.1, 0.15) is 46.2 Å². The van der Waals surface area contributed by atoms with Crippen molar-refractivity contribution >= 4 is 12.0 Å². The Balaban J connectivity index is 1.04.